The Morgan fingerprint density at radius 1 is 1.16 bits per heavy atom. The van der Waals surface area contributed by atoms with Gasteiger partial charge in [0.1, 0.15) is 5.75 Å². The second-order valence-electron chi connectivity index (χ2n) is 4.43. The van der Waals surface area contributed by atoms with Crippen molar-refractivity contribution in [2.75, 3.05) is 0 Å². The van der Waals surface area contributed by atoms with Crippen molar-refractivity contribution in [3.05, 3.63) is 58.9 Å². The number of phenols is 1. The Balaban J connectivity index is 2.03. The number of hydrogen-bond donors (Lipinski definition) is 2. The third-order valence-electron chi connectivity index (χ3n) is 2.86. The number of hydrogen-bond acceptors (Lipinski definition) is 3. The van der Waals surface area contributed by atoms with Crippen LogP contribution in [0, 0.1) is 13.8 Å². The highest BCUT2D eigenvalue weighted by Gasteiger charge is 2.09. The van der Waals surface area contributed by atoms with E-state index >= 15 is 0 Å². The van der Waals surface area contributed by atoms with Crippen LogP contribution in [0.5, 0.6) is 5.75 Å². The number of aromatic hydroxyl groups is 1. The summed E-state index contributed by atoms with van der Waals surface area (Å²) in [7, 11) is 0. The Hall–Kier alpha value is -2.36. The summed E-state index contributed by atoms with van der Waals surface area (Å²) in [6.45, 7) is 4.14. The SMILES string of the molecule is Cc1ccc(C(=O)NCc2ccc(O)cc2)c(C)n1. The minimum atomic E-state index is -0.141. The molecular formula is C15H16N2O2. The number of amides is 1. The van der Waals surface area contributed by atoms with Gasteiger partial charge in [-0.25, -0.2) is 0 Å². The van der Waals surface area contributed by atoms with Gasteiger partial charge in [-0.05, 0) is 43.7 Å². The fourth-order valence-electron chi connectivity index (χ4n) is 1.82. The Morgan fingerprint density at radius 2 is 1.84 bits per heavy atom. The van der Waals surface area contributed by atoms with Crippen LogP contribution >= 0.6 is 0 Å². The largest absolute Gasteiger partial charge is 0.508 e. The average molecular weight is 256 g/mol. The van der Waals surface area contributed by atoms with Crippen molar-refractivity contribution in [1.82, 2.24) is 10.3 Å². The molecule has 4 heteroatoms. The molecular weight excluding hydrogens is 240 g/mol. The van der Waals surface area contributed by atoms with Gasteiger partial charge >= 0.3 is 0 Å². The summed E-state index contributed by atoms with van der Waals surface area (Å²) in [4.78, 5) is 16.3. The molecule has 0 spiro atoms. The van der Waals surface area contributed by atoms with Crippen LogP contribution in [0.4, 0.5) is 0 Å². The summed E-state index contributed by atoms with van der Waals surface area (Å²) in [5.41, 5.74) is 3.14. The lowest BCUT2D eigenvalue weighted by atomic mass is 10.1. The van der Waals surface area contributed by atoms with E-state index in [0.29, 0.717) is 12.1 Å². The maximum Gasteiger partial charge on any atom is 0.253 e. The van der Waals surface area contributed by atoms with Crippen molar-refractivity contribution in [1.29, 1.82) is 0 Å². The van der Waals surface area contributed by atoms with Crippen molar-refractivity contribution in [3.8, 4) is 5.75 Å². The van der Waals surface area contributed by atoms with E-state index in [4.69, 9.17) is 0 Å². The summed E-state index contributed by atoms with van der Waals surface area (Å²) in [5, 5.41) is 12.0. The lowest BCUT2D eigenvalue weighted by molar-refractivity contribution is 0.0950. The standard InChI is InChI=1S/C15H16N2O2/c1-10-3-8-14(11(2)17-10)15(19)16-9-12-4-6-13(18)7-5-12/h3-8,18H,9H2,1-2H3,(H,16,19). The van der Waals surface area contributed by atoms with Crippen LogP contribution in [0.15, 0.2) is 36.4 Å². The van der Waals surface area contributed by atoms with E-state index in [1.165, 1.54) is 0 Å². The lowest BCUT2D eigenvalue weighted by Gasteiger charge is -2.08. The number of nitrogens with zero attached hydrogens (tertiary/aromatic N) is 1. The predicted octanol–water partition coefficient (Wildman–Crippen LogP) is 2.33. The molecule has 0 saturated heterocycles. The van der Waals surface area contributed by atoms with Crippen molar-refractivity contribution in [2.24, 2.45) is 0 Å². The smallest absolute Gasteiger partial charge is 0.253 e. The van der Waals surface area contributed by atoms with Crippen LogP contribution in [0.3, 0.4) is 0 Å². The number of phenolic OH excluding ortho intramolecular Hbond substituents is 1. The quantitative estimate of drug-likeness (QED) is 0.886. The zero-order chi connectivity index (χ0) is 13.8. The fourth-order valence-corrected chi connectivity index (χ4v) is 1.82. The van der Waals surface area contributed by atoms with Gasteiger partial charge in [-0.1, -0.05) is 12.1 Å². The number of aromatic nitrogens is 1. The number of pyridine rings is 1. The molecule has 0 aliphatic carbocycles. The molecule has 0 aliphatic rings. The van der Waals surface area contributed by atoms with Gasteiger partial charge in [-0.2, -0.15) is 0 Å². The van der Waals surface area contributed by atoms with Crippen LogP contribution in [0.1, 0.15) is 27.3 Å². The van der Waals surface area contributed by atoms with Crippen LogP contribution in [0.25, 0.3) is 0 Å². The van der Waals surface area contributed by atoms with Gasteiger partial charge in [0.2, 0.25) is 0 Å². The maximum atomic E-state index is 12.0. The second-order valence-corrected chi connectivity index (χ2v) is 4.43. The molecule has 19 heavy (non-hydrogen) atoms. The highest BCUT2D eigenvalue weighted by Crippen LogP contribution is 2.10. The van der Waals surface area contributed by atoms with Gasteiger partial charge in [0.25, 0.3) is 5.91 Å². The minimum absolute atomic E-state index is 0.141. The molecule has 2 rings (SSSR count). The molecule has 0 fully saturated rings. The molecule has 1 aromatic heterocycles. The van der Waals surface area contributed by atoms with Gasteiger partial charge in [0, 0.05) is 12.2 Å². The van der Waals surface area contributed by atoms with Crippen LogP contribution in [-0.2, 0) is 6.54 Å². The van der Waals surface area contributed by atoms with E-state index in [1.54, 1.807) is 30.3 Å². The molecule has 0 saturated carbocycles. The van der Waals surface area contributed by atoms with E-state index in [-0.39, 0.29) is 11.7 Å². The zero-order valence-corrected chi connectivity index (χ0v) is 11.0. The second kappa shape index (κ2) is 5.52. The summed E-state index contributed by atoms with van der Waals surface area (Å²) in [6.07, 6.45) is 0. The summed E-state index contributed by atoms with van der Waals surface area (Å²) in [5.74, 6) is 0.0757. The molecule has 1 heterocycles. The first kappa shape index (κ1) is 13.1. The van der Waals surface area contributed by atoms with Crippen molar-refractivity contribution in [2.45, 2.75) is 20.4 Å². The van der Waals surface area contributed by atoms with Crippen molar-refractivity contribution >= 4 is 5.91 Å². The molecule has 2 N–H and O–H groups in total. The van der Waals surface area contributed by atoms with E-state index in [9.17, 15) is 9.90 Å². The van der Waals surface area contributed by atoms with Gasteiger partial charge < -0.3 is 10.4 Å². The summed E-state index contributed by atoms with van der Waals surface area (Å²) in [6, 6.07) is 10.3. The minimum Gasteiger partial charge on any atom is -0.508 e. The maximum absolute atomic E-state index is 12.0. The number of carbonyl (C=O) groups is 1. The zero-order valence-electron chi connectivity index (χ0n) is 11.0. The first-order valence-electron chi connectivity index (χ1n) is 6.06. The lowest BCUT2D eigenvalue weighted by Crippen LogP contribution is -2.24. The monoisotopic (exact) mass is 256 g/mol. The van der Waals surface area contributed by atoms with Gasteiger partial charge in [0.15, 0.2) is 0 Å². The van der Waals surface area contributed by atoms with E-state index in [1.807, 2.05) is 19.9 Å². The van der Waals surface area contributed by atoms with Gasteiger partial charge in [0.05, 0.1) is 11.3 Å². The number of aryl methyl sites for hydroxylation is 2. The fraction of sp³-hybridized carbons (Fsp3) is 0.200. The highest BCUT2D eigenvalue weighted by molar-refractivity contribution is 5.95. The molecule has 1 amide bonds. The number of nitrogens with one attached hydrogen (secondary N) is 1. The number of benzene rings is 1. The average Bonchev–Trinajstić information content (AvgIpc) is 2.37. The Labute approximate surface area is 112 Å². The molecule has 0 atom stereocenters. The van der Waals surface area contributed by atoms with Crippen molar-refractivity contribution in [3.63, 3.8) is 0 Å². The third-order valence-corrected chi connectivity index (χ3v) is 2.86. The van der Waals surface area contributed by atoms with E-state index < -0.39 is 0 Å². The molecule has 0 aliphatic heterocycles. The highest BCUT2D eigenvalue weighted by atomic mass is 16.3. The molecule has 0 unspecified atom stereocenters. The molecule has 98 valence electrons. The first-order valence-corrected chi connectivity index (χ1v) is 6.06. The molecule has 1 aromatic carbocycles. The van der Waals surface area contributed by atoms with Crippen LogP contribution < -0.4 is 5.32 Å². The molecule has 2 aromatic rings. The van der Waals surface area contributed by atoms with Gasteiger partial charge in [-0.15, -0.1) is 0 Å². The Morgan fingerprint density at radius 3 is 2.47 bits per heavy atom. The number of carbonyl (C=O) groups excluding carboxylic acids is 1. The first-order chi connectivity index (χ1) is 9.06. The van der Waals surface area contributed by atoms with Crippen LogP contribution in [0.2, 0.25) is 0 Å². The van der Waals surface area contributed by atoms with Gasteiger partial charge in [-0.3, -0.25) is 9.78 Å². The van der Waals surface area contributed by atoms with E-state index in [2.05, 4.69) is 10.3 Å². The van der Waals surface area contributed by atoms with E-state index in [0.717, 1.165) is 17.0 Å². The predicted molar refractivity (Wildman–Crippen MR) is 73.0 cm³/mol. The molecule has 0 bridgehead atoms. The third kappa shape index (κ3) is 3.31. The summed E-state index contributed by atoms with van der Waals surface area (Å²) < 4.78 is 0. The summed E-state index contributed by atoms with van der Waals surface area (Å²) >= 11 is 0. The topological polar surface area (TPSA) is 62.2 Å². The Bertz CT molecular complexity index is 592. The Kier molecular flexibility index (Phi) is 3.80. The van der Waals surface area contributed by atoms with Crippen LogP contribution in [-0.4, -0.2) is 16.0 Å². The molecule has 4 nitrogen and oxygen atoms in total. The molecule has 0 radical (unpaired) electrons. The normalized spacial score (nSPS) is 10.2. The number of rotatable bonds is 3. The van der Waals surface area contributed by atoms with Crippen molar-refractivity contribution < 1.29 is 9.90 Å².